The zero-order valence-corrected chi connectivity index (χ0v) is 13.3. The first-order chi connectivity index (χ1) is 11.8. The Kier molecular flexibility index (Phi) is 5.50. The maximum atomic E-state index is 12.4. The number of hydrogen-bond donors (Lipinski definition) is 1. The van der Waals surface area contributed by atoms with Gasteiger partial charge in [-0.05, 0) is 12.1 Å². The van der Waals surface area contributed by atoms with Crippen LogP contribution in [0.4, 0.5) is 0 Å². The molecule has 0 saturated carbocycles. The number of ether oxygens (including phenoxy) is 1. The number of pyridine rings is 1. The van der Waals surface area contributed by atoms with Crippen LogP contribution in [0.5, 0.6) is 0 Å². The maximum absolute atomic E-state index is 12.4. The van der Waals surface area contributed by atoms with Gasteiger partial charge < -0.3 is 19.3 Å². The van der Waals surface area contributed by atoms with Gasteiger partial charge in [-0.3, -0.25) is 9.78 Å². The highest BCUT2D eigenvalue weighted by Crippen LogP contribution is 2.15. The fourth-order valence-electron chi connectivity index (χ4n) is 2.56. The van der Waals surface area contributed by atoms with Gasteiger partial charge in [0.15, 0.2) is 0 Å². The van der Waals surface area contributed by atoms with Crippen LogP contribution in [0.2, 0.25) is 0 Å². The molecule has 1 aliphatic rings. The third kappa shape index (κ3) is 4.15. The molecular weight excluding hydrogens is 312 g/mol. The molecule has 1 fully saturated rings. The van der Waals surface area contributed by atoms with E-state index in [9.17, 15) is 9.90 Å². The van der Waals surface area contributed by atoms with Gasteiger partial charge in [-0.2, -0.15) is 4.98 Å². The highest BCUT2D eigenvalue weighted by atomic mass is 16.5. The van der Waals surface area contributed by atoms with Crippen LogP contribution in [0.3, 0.4) is 0 Å². The molecule has 1 atom stereocenters. The molecule has 8 heteroatoms. The second kappa shape index (κ2) is 7.98. The quantitative estimate of drug-likeness (QED) is 0.852. The minimum Gasteiger partial charge on any atom is -0.396 e. The van der Waals surface area contributed by atoms with E-state index in [4.69, 9.17) is 9.26 Å². The summed E-state index contributed by atoms with van der Waals surface area (Å²) in [5.41, 5.74) is 0.821. The van der Waals surface area contributed by atoms with E-state index >= 15 is 0 Å². The number of rotatable bonds is 5. The summed E-state index contributed by atoms with van der Waals surface area (Å²) < 4.78 is 10.6. The highest BCUT2D eigenvalue weighted by molar-refractivity contribution is 5.76. The minimum absolute atomic E-state index is 0.00242. The van der Waals surface area contributed by atoms with Gasteiger partial charge in [0.05, 0.1) is 13.2 Å². The number of aliphatic hydroxyl groups is 1. The van der Waals surface area contributed by atoms with Crippen molar-refractivity contribution in [3.05, 3.63) is 30.4 Å². The summed E-state index contributed by atoms with van der Waals surface area (Å²) in [5, 5.41) is 13.2. The van der Waals surface area contributed by atoms with E-state index in [1.54, 1.807) is 29.4 Å². The topological polar surface area (TPSA) is 102 Å². The molecule has 0 aromatic carbocycles. The van der Waals surface area contributed by atoms with Crippen LogP contribution in [0.15, 0.2) is 29.0 Å². The zero-order valence-electron chi connectivity index (χ0n) is 13.3. The maximum Gasteiger partial charge on any atom is 0.227 e. The summed E-state index contributed by atoms with van der Waals surface area (Å²) in [7, 11) is 0. The fourth-order valence-corrected chi connectivity index (χ4v) is 2.56. The van der Waals surface area contributed by atoms with Gasteiger partial charge in [0.2, 0.25) is 17.6 Å². The van der Waals surface area contributed by atoms with Gasteiger partial charge in [-0.1, -0.05) is 5.16 Å². The Labute approximate surface area is 139 Å². The average molecular weight is 332 g/mol. The predicted molar refractivity (Wildman–Crippen MR) is 83.8 cm³/mol. The van der Waals surface area contributed by atoms with Crippen molar-refractivity contribution in [2.75, 3.05) is 32.9 Å². The lowest BCUT2D eigenvalue weighted by atomic mass is 10.1. The van der Waals surface area contributed by atoms with Crippen LogP contribution in [-0.2, 0) is 16.0 Å². The smallest absolute Gasteiger partial charge is 0.227 e. The summed E-state index contributed by atoms with van der Waals surface area (Å²) in [6.07, 6.45) is 4.00. The Balaban J connectivity index is 1.55. The van der Waals surface area contributed by atoms with Crippen molar-refractivity contribution in [2.45, 2.75) is 12.8 Å². The Bertz CT molecular complexity index is 661. The lowest BCUT2D eigenvalue weighted by molar-refractivity contribution is -0.131. The molecule has 128 valence electrons. The Hall–Kier alpha value is -2.32. The Morgan fingerprint density at radius 2 is 2.21 bits per heavy atom. The van der Waals surface area contributed by atoms with E-state index in [1.165, 1.54) is 0 Å². The van der Waals surface area contributed by atoms with Gasteiger partial charge >= 0.3 is 0 Å². The molecule has 3 rings (SSSR count). The number of hydrogen-bond acceptors (Lipinski definition) is 7. The molecule has 0 unspecified atom stereocenters. The number of aryl methyl sites for hydroxylation is 1. The van der Waals surface area contributed by atoms with Gasteiger partial charge in [-0.15, -0.1) is 0 Å². The molecule has 8 nitrogen and oxygen atoms in total. The molecule has 0 spiro atoms. The molecule has 1 aliphatic heterocycles. The van der Waals surface area contributed by atoms with Crippen LogP contribution in [-0.4, -0.2) is 63.9 Å². The summed E-state index contributed by atoms with van der Waals surface area (Å²) in [6.45, 7) is 2.06. The normalized spacial score (nSPS) is 18.4. The first kappa shape index (κ1) is 16.5. The molecule has 2 aromatic rings. The molecule has 1 amide bonds. The summed E-state index contributed by atoms with van der Waals surface area (Å²) >= 11 is 0. The summed E-state index contributed by atoms with van der Waals surface area (Å²) in [6, 6.07) is 3.60. The Morgan fingerprint density at radius 1 is 1.38 bits per heavy atom. The number of aromatic nitrogens is 3. The largest absolute Gasteiger partial charge is 0.396 e. The zero-order chi connectivity index (χ0) is 16.8. The number of amides is 1. The van der Waals surface area contributed by atoms with Crippen molar-refractivity contribution >= 4 is 5.91 Å². The van der Waals surface area contributed by atoms with Gasteiger partial charge in [0, 0.05) is 56.4 Å². The molecule has 2 aromatic heterocycles. The van der Waals surface area contributed by atoms with Crippen LogP contribution < -0.4 is 0 Å². The number of carbonyl (C=O) groups is 1. The lowest BCUT2D eigenvalue weighted by Crippen LogP contribution is -2.36. The molecule has 1 saturated heterocycles. The van der Waals surface area contributed by atoms with Crippen LogP contribution in [0.25, 0.3) is 11.4 Å². The van der Waals surface area contributed by atoms with Crippen molar-refractivity contribution in [1.82, 2.24) is 20.0 Å². The molecule has 0 bridgehead atoms. The van der Waals surface area contributed by atoms with E-state index in [2.05, 4.69) is 15.1 Å². The number of carbonyl (C=O) groups excluding carboxylic acids is 1. The van der Waals surface area contributed by atoms with Crippen LogP contribution >= 0.6 is 0 Å². The highest BCUT2D eigenvalue weighted by Gasteiger charge is 2.22. The van der Waals surface area contributed by atoms with Crippen molar-refractivity contribution in [3.8, 4) is 11.4 Å². The number of nitrogens with zero attached hydrogens (tertiary/aromatic N) is 4. The molecule has 3 heterocycles. The fraction of sp³-hybridized carbons (Fsp3) is 0.500. The second-order valence-electron chi connectivity index (χ2n) is 5.71. The van der Waals surface area contributed by atoms with E-state index in [0.717, 1.165) is 5.56 Å². The monoisotopic (exact) mass is 332 g/mol. The van der Waals surface area contributed by atoms with Gasteiger partial charge in [0.1, 0.15) is 0 Å². The van der Waals surface area contributed by atoms with Crippen molar-refractivity contribution in [2.24, 2.45) is 5.92 Å². The lowest BCUT2D eigenvalue weighted by Gasteiger charge is -2.22. The van der Waals surface area contributed by atoms with Crippen molar-refractivity contribution < 1.29 is 19.2 Å². The molecular formula is C16H20N4O4. The minimum atomic E-state index is -0.0295. The first-order valence-corrected chi connectivity index (χ1v) is 7.95. The second-order valence-corrected chi connectivity index (χ2v) is 5.71. The van der Waals surface area contributed by atoms with Crippen LogP contribution in [0, 0.1) is 5.92 Å². The molecule has 0 radical (unpaired) electrons. The van der Waals surface area contributed by atoms with E-state index in [1.807, 2.05) is 0 Å². The third-order valence-corrected chi connectivity index (χ3v) is 3.91. The summed E-state index contributed by atoms with van der Waals surface area (Å²) in [4.78, 5) is 22.3. The molecule has 1 N–H and O–H groups in total. The van der Waals surface area contributed by atoms with Crippen molar-refractivity contribution in [3.63, 3.8) is 0 Å². The van der Waals surface area contributed by atoms with Gasteiger partial charge in [-0.25, -0.2) is 0 Å². The third-order valence-electron chi connectivity index (χ3n) is 3.91. The molecule has 24 heavy (non-hydrogen) atoms. The summed E-state index contributed by atoms with van der Waals surface area (Å²) in [5.74, 6) is 0.893. The first-order valence-electron chi connectivity index (χ1n) is 7.95. The van der Waals surface area contributed by atoms with Crippen molar-refractivity contribution in [1.29, 1.82) is 0 Å². The standard InChI is InChI=1S/C16H20N4O4/c21-10-12-9-20(7-8-23-11-12)15(22)2-1-14-18-16(19-24-14)13-3-5-17-6-4-13/h3-6,12,21H,1-2,7-11H2/t12-/m0/s1. The predicted octanol–water partition coefficient (Wildman–Crippen LogP) is 0.531. The van der Waals surface area contributed by atoms with E-state index in [-0.39, 0.29) is 24.9 Å². The van der Waals surface area contributed by atoms with E-state index in [0.29, 0.717) is 44.4 Å². The number of aliphatic hydroxyl groups excluding tert-OH is 1. The SMILES string of the molecule is O=C(CCc1nc(-c2ccncc2)no1)N1CCOC[C@H](CO)C1. The average Bonchev–Trinajstić information content (AvgIpc) is 2.97. The molecule has 0 aliphatic carbocycles. The van der Waals surface area contributed by atoms with E-state index < -0.39 is 0 Å². The van der Waals surface area contributed by atoms with Gasteiger partial charge in [0.25, 0.3) is 0 Å². The van der Waals surface area contributed by atoms with Crippen LogP contribution in [0.1, 0.15) is 12.3 Å². The Morgan fingerprint density at radius 3 is 3.00 bits per heavy atom.